The zero-order chi connectivity index (χ0) is 14.7. The molecule has 0 saturated heterocycles. The van der Waals surface area contributed by atoms with E-state index in [1.54, 1.807) is 13.1 Å². The number of rotatable bonds is 4. The number of hydrogen-bond acceptors (Lipinski definition) is 3. The molecular weight excluding hydrogens is 328 g/mol. The zero-order valence-electron chi connectivity index (χ0n) is 11.2. The van der Waals surface area contributed by atoms with Crippen LogP contribution in [0.3, 0.4) is 0 Å². The van der Waals surface area contributed by atoms with E-state index in [4.69, 9.17) is 0 Å². The second kappa shape index (κ2) is 6.26. The maximum atomic E-state index is 14.1. The normalized spacial score (nSPS) is 10.7. The van der Waals surface area contributed by atoms with E-state index in [0.29, 0.717) is 18.1 Å². The highest BCUT2D eigenvalue weighted by Gasteiger charge is 2.18. The Balaban J connectivity index is 2.54. The van der Waals surface area contributed by atoms with Gasteiger partial charge in [-0.25, -0.2) is 18.7 Å². The van der Waals surface area contributed by atoms with Crippen LogP contribution in [-0.2, 0) is 0 Å². The SMILES string of the molecule is CCCNc1ncc(C)c(-c2c(F)ccc(Br)c2F)n1. The Morgan fingerprint density at radius 1 is 1.30 bits per heavy atom. The standard InChI is InChI=1S/C14H14BrF2N3/c1-3-6-18-14-19-7-8(2)13(20-14)11-10(16)5-4-9(15)12(11)17/h4-5,7H,3,6H2,1-2H3,(H,18,19,20). The minimum absolute atomic E-state index is 0.140. The molecule has 3 nitrogen and oxygen atoms in total. The van der Waals surface area contributed by atoms with Crippen LogP contribution in [0.2, 0.25) is 0 Å². The fourth-order valence-corrected chi connectivity index (χ4v) is 2.09. The maximum Gasteiger partial charge on any atom is 0.223 e. The summed E-state index contributed by atoms with van der Waals surface area (Å²) in [6, 6.07) is 2.55. The summed E-state index contributed by atoms with van der Waals surface area (Å²) in [5.74, 6) is -0.937. The first-order valence-corrected chi connectivity index (χ1v) is 7.05. The van der Waals surface area contributed by atoms with Crippen LogP contribution in [0, 0.1) is 18.6 Å². The third-order valence-corrected chi connectivity index (χ3v) is 3.40. The molecule has 1 aromatic heterocycles. The molecule has 0 atom stereocenters. The van der Waals surface area contributed by atoms with Crippen molar-refractivity contribution in [2.75, 3.05) is 11.9 Å². The molecule has 0 amide bonds. The number of halogens is 3. The molecular formula is C14H14BrF2N3. The van der Waals surface area contributed by atoms with Gasteiger partial charge >= 0.3 is 0 Å². The van der Waals surface area contributed by atoms with Gasteiger partial charge in [-0.15, -0.1) is 0 Å². The highest BCUT2D eigenvalue weighted by atomic mass is 79.9. The zero-order valence-corrected chi connectivity index (χ0v) is 12.8. The molecule has 0 unspecified atom stereocenters. The van der Waals surface area contributed by atoms with E-state index in [0.717, 1.165) is 6.42 Å². The molecule has 0 aliphatic heterocycles. The third kappa shape index (κ3) is 2.95. The quantitative estimate of drug-likeness (QED) is 0.841. The Bertz CT molecular complexity index is 632. The predicted octanol–water partition coefficient (Wildman–Crippen LogP) is 4.31. The van der Waals surface area contributed by atoms with Gasteiger partial charge in [-0.05, 0) is 47.0 Å². The molecule has 1 heterocycles. The lowest BCUT2D eigenvalue weighted by Crippen LogP contribution is -2.06. The van der Waals surface area contributed by atoms with Crippen LogP contribution in [0.1, 0.15) is 18.9 Å². The number of hydrogen-bond donors (Lipinski definition) is 1. The van der Waals surface area contributed by atoms with Crippen molar-refractivity contribution in [2.45, 2.75) is 20.3 Å². The summed E-state index contributed by atoms with van der Waals surface area (Å²) in [6.45, 7) is 4.43. The fourth-order valence-electron chi connectivity index (χ4n) is 1.76. The average molecular weight is 342 g/mol. The number of benzene rings is 1. The van der Waals surface area contributed by atoms with E-state index >= 15 is 0 Å². The molecule has 1 aromatic carbocycles. The summed E-state index contributed by atoms with van der Waals surface area (Å²) in [7, 11) is 0. The van der Waals surface area contributed by atoms with E-state index in [2.05, 4.69) is 31.2 Å². The van der Waals surface area contributed by atoms with Crippen molar-refractivity contribution in [1.82, 2.24) is 9.97 Å². The smallest absolute Gasteiger partial charge is 0.223 e. The van der Waals surface area contributed by atoms with Crippen LogP contribution in [0.25, 0.3) is 11.3 Å². The van der Waals surface area contributed by atoms with Crippen molar-refractivity contribution in [3.63, 3.8) is 0 Å². The predicted molar refractivity (Wildman–Crippen MR) is 78.6 cm³/mol. The Kier molecular flexibility index (Phi) is 4.65. The van der Waals surface area contributed by atoms with Crippen molar-refractivity contribution in [3.05, 3.63) is 40.0 Å². The summed E-state index contributed by atoms with van der Waals surface area (Å²) in [5, 5.41) is 3.01. The summed E-state index contributed by atoms with van der Waals surface area (Å²) < 4.78 is 28.3. The highest BCUT2D eigenvalue weighted by molar-refractivity contribution is 9.10. The van der Waals surface area contributed by atoms with Gasteiger partial charge in [0.1, 0.15) is 11.6 Å². The fraction of sp³-hybridized carbons (Fsp3) is 0.286. The first-order valence-electron chi connectivity index (χ1n) is 6.26. The van der Waals surface area contributed by atoms with Gasteiger partial charge in [-0.2, -0.15) is 0 Å². The van der Waals surface area contributed by atoms with E-state index < -0.39 is 11.6 Å². The van der Waals surface area contributed by atoms with Gasteiger partial charge in [0.15, 0.2) is 0 Å². The molecule has 2 rings (SSSR count). The van der Waals surface area contributed by atoms with Crippen LogP contribution in [0.5, 0.6) is 0 Å². The van der Waals surface area contributed by atoms with Gasteiger partial charge in [0.05, 0.1) is 15.7 Å². The molecule has 0 spiro atoms. The molecule has 0 radical (unpaired) electrons. The number of nitrogens with one attached hydrogen (secondary N) is 1. The number of aryl methyl sites for hydroxylation is 1. The van der Waals surface area contributed by atoms with Crippen LogP contribution in [0.4, 0.5) is 14.7 Å². The molecule has 0 saturated carbocycles. The lowest BCUT2D eigenvalue weighted by atomic mass is 10.1. The van der Waals surface area contributed by atoms with E-state index in [9.17, 15) is 8.78 Å². The molecule has 106 valence electrons. The van der Waals surface area contributed by atoms with E-state index in [1.165, 1.54) is 12.1 Å². The van der Waals surface area contributed by atoms with Crippen LogP contribution in [0.15, 0.2) is 22.8 Å². The van der Waals surface area contributed by atoms with Crippen molar-refractivity contribution < 1.29 is 8.78 Å². The monoisotopic (exact) mass is 341 g/mol. The average Bonchev–Trinajstić information content (AvgIpc) is 2.44. The Labute approximate surface area is 124 Å². The highest BCUT2D eigenvalue weighted by Crippen LogP contribution is 2.31. The van der Waals surface area contributed by atoms with Gasteiger partial charge in [0, 0.05) is 12.7 Å². The second-order valence-electron chi connectivity index (χ2n) is 4.37. The summed E-state index contributed by atoms with van der Waals surface area (Å²) in [6.07, 6.45) is 2.46. The van der Waals surface area contributed by atoms with Crippen molar-refractivity contribution in [3.8, 4) is 11.3 Å². The summed E-state index contributed by atoms with van der Waals surface area (Å²) in [5.41, 5.74) is 0.733. The van der Waals surface area contributed by atoms with E-state index in [1.807, 2.05) is 6.92 Å². The molecule has 20 heavy (non-hydrogen) atoms. The van der Waals surface area contributed by atoms with Crippen LogP contribution < -0.4 is 5.32 Å². The van der Waals surface area contributed by atoms with Gasteiger partial charge < -0.3 is 5.32 Å². The largest absolute Gasteiger partial charge is 0.354 e. The first-order chi connectivity index (χ1) is 9.54. The maximum absolute atomic E-state index is 14.1. The lowest BCUT2D eigenvalue weighted by molar-refractivity contribution is 0.584. The lowest BCUT2D eigenvalue weighted by Gasteiger charge is -2.11. The van der Waals surface area contributed by atoms with Gasteiger partial charge in [0.2, 0.25) is 5.95 Å². The number of anilines is 1. The van der Waals surface area contributed by atoms with Gasteiger partial charge in [0.25, 0.3) is 0 Å². The summed E-state index contributed by atoms with van der Waals surface area (Å²) in [4.78, 5) is 8.32. The molecule has 0 fully saturated rings. The second-order valence-corrected chi connectivity index (χ2v) is 5.22. The van der Waals surface area contributed by atoms with Crippen LogP contribution in [-0.4, -0.2) is 16.5 Å². The molecule has 1 N–H and O–H groups in total. The minimum atomic E-state index is -0.659. The molecule has 6 heteroatoms. The first kappa shape index (κ1) is 14.8. The topological polar surface area (TPSA) is 37.8 Å². The van der Waals surface area contributed by atoms with E-state index in [-0.39, 0.29) is 15.7 Å². The van der Waals surface area contributed by atoms with Crippen molar-refractivity contribution >= 4 is 21.9 Å². The molecule has 0 aliphatic carbocycles. The molecule has 0 aliphatic rings. The number of aromatic nitrogens is 2. The minimum Gasteiger partial charge on any atom is -0.354 e. The van der Waals surface area contributed by atoms with Crippen molar-refractivity contribution in [2.24, 2.45) is 0 Å². The Hall–Kier alpha value is -1.56. The number of nitrogens with zero attached hydrogens (tertiary/aromatic N) is 2. The van der Waals surface area contributed by atoms with Gasteiger partial charge in [-0.1, -0.05) is 6.92 Å². The Morgan fingerprint density at radius 3 is 2.75 bits per heavy atom. The summed E-state index contributed by atoms with van der Waals surface area (Å²) >= 11 is 3.06. The molecule has 2 aromatic rings. The third-order valence-electron chi connectivity index (χ3n) is 2.79. The van der Waals surface area contributed by atoms with Gasteiger partial charge in [-0.3, -0.25) is 0 Å². The Morgan fingerprint density at radius 2 is 2.05 bits per heavy atom. The van der Waals surface area contributed by atoms with Crippen molar-refractivity contribution in [1.29, 1.82) is 0 Å². The van der Waals surface area contributed by atoms with Crippen LogP contribution >= 0.6 is 15.9 Å². The molecule has 0 bridgehead atoms.